The van der Waals surface area contributed by atoms with E-state index in [0.717, 1.165) is 15.6 Å². The van der Waals surface area contributed by atoms with Crippen LogP contribution in [-0.4, -0.2) is 42.2 Å². The number of aliphatic hydroxyl groups is 1. The molecule has 1 aliphatic heterocycles. The number of rotatable bonds is 14. The fourth-order valence-corrected chi connectivity index (χ4v) is 5.38. The van der Waals surface area contributed by atoms with Crippen LogP contribution in [0.1, 0.15) is 34.8 Å². The Hall–Kier alpha value is -4.67. The van der Waals surface area contributed by atoms with Gasteiger partial charge in [0.25, 0.3) is 5.91 Å². The fraction of sp³-hybridized carbons (Fsp3) is 0.235. The molecule has 1 aliphatic rings. The van der Waals surface area contributed by atoms with Crippen molar-refractivity contribution in [3.8, 4) is 5.75 Å². The predicted octanol–water partition coefficient (Wildman–Crippen LogP) is 6.52. The summed E-state index contributed by atoms with van der Waals surface area (Å²) in [5.41, 5.74) is 17.4. The largest absolute Gasteiger partial charge is 0.494 e. The highest BCUT2D eigenvalue weighted by Gasteiger charge is 2.53. The average Bonchev–Trinajstić information content (AvgIpc) is 3.45. The van der Waals surface area contributed by atoms with Gasteiger partial charge in [-0.25, -0.2) is 10.4 Å². The molecule has 3 N–H and O–H groups in total. The molecule has 45 heavy (non-hydrogen) atoms. The second-order valence-corrected chi connectivity index (χ2v) is 11.4. The lowest BCUT2D eigenvalue weighted by atomic mass is 9.81. The van der Waals surface area contributed by atoms with E-state index < -0.39 is 17.6 Å². The lowest BCUT2D eigenvalue weighted by Gasteiger charge is -2.31. The van der Waals surface area contributed by atoms with Gasteiger partial charge in [-0.1, -0.05) is 87.8 Å². The molecule has 0 bridgehead atoms. The van der Waals surface area contributed by atoms with E-state index >= 15 is 0 Å². The van der Waals surface area contributed by atoms with E-state index in [0.29, 0.717) is 54.5 Å². The van der Waals surface area contributed by atoms with E-state index in [9.17, 15) is 10.3 Å². The standard InChI is InChI=1S/C34H33BrN6O4/c35-28-15-11-25(12-16-28)31-34(23-27-9-4-5-10-30(27)39-41-36,33(43)40-37-20-19-24-7-2-1-3-8-24)38-32(45-31)26-13-17-29(18-14-26)44-22-6-21-42/h1-5,7-18,31,37,42H,6,19-23H2,(H,40,43)/t31-,34-/m0/s1. The van der Waals surface area contributed by atoms with Crippen LogP contribution in [0.4, 0.5) is 5.69 Å². The van der Waals surface area contributed by atoms with Crippen LogP contribution in [0.2, 0.25) is 0 Å². The van der Waals surface area contributed by atoms with Crippen LogP contribution in [0.15, 0.2) is 118 Å². The first-order valence-electron chi connectivity index (χ1n) is 14.6. The number of nitrogens with zero attached hydrogens (tertiary/aromatic N) is 4. The maximum atomic E-state index is 14.4. The van der Waals surface area contributed by atoms with Gasteiger partial charge < -0.3 is 14.6 Å². The van der Waals surface area contributed by atoms with Gasteiger partial charge in [0.15, 0.2) is 11.6 Å². The molecule has 4 aromatic rings. The zero-order valence-corrected chi connectivity index (χ0v) is 26.1. The Morgan fingerprint density at radius 2 is 1.76 bits per heavy atom. The molecule has 0 saturated heterocycles. The molecule has 0 aliphatic carbocycles. The third-order valence-electron chi connectivity index (χ3n) is 7.39. The van der Waals surface area contributed by atoms with Crippen LogP contribution in [-0.2, 0) is 22.4 Å². The summed E-state index contributed by atoms with van der Waals surface area (Å²) in [4.78, 5) is 22.4. The monoisotopic (exact) mass is 668 g/mol. The summed E-state index contributed by atoms with van der Waals surface area (Å²) in [6.07, 6.45) is 0.528. The number of amides is 1. The molecule has 230 valence electrons. The minimum Gasteiger partial charge on any atom is -0.494 e. The molecule has 0 radical (unpaired) electrons. The van der Waals surface area contributed by atoms with E-state index in [1.165, 1.54) is 0 Å². The molecule has 5 rings (SSSR count). The number of hydrogen-bond donors (Lipinski definition) is 3. The van der Waals surface area contributed by atoms with Gasteiger partial charge in [0.2, 0.25) is 5.90 Å². The summed E-state index contributed by atoms with van der Waals surface area (Å²) in [7, 11) is 0. The molecule has 0 unspecified atom stereocenters. The van der Waals surface area contributed by atoms with Crippen molar-refractivity contribution in [1.82, 2.24) is 10.9 Å². The number of benzene rings is 4. The summed E-state index contributed by atoms with van der Waals surface area (Å²) in [5, 5.41) is 12.9. The van der Waals surface area contributed by atoms with Crippen LogP contribution in [0, 0.1) is 0 Å². The summed E-state index contributed by atoms with van der Waals surface area (Å²) in [6.45, 7) is 0.942. The maximum Gasteiger partial charge on any atom is 0.266 e. The Morgan fingerprint density at radius 3 is 2.49 bits per heavy atom. The highest BCUT2D eigenvalue weighted by Crippen LogP contribution is 2.44. The van der Waals surface area contributed by atoms with Gasteiger partial charge in [0.05, 0.1) is 6.61 Å². The topological polar surface area (TPSA) is 141 Å². The van der Waals surface area contributed by atoms with Gasteiger partial charge in [0, 0.05) is 46.6 Å². The Balaban J connectivity index is 1.52. The van der Waals surface area contributed by atoms with Gasteiger partial charge >= 0.3 is 0 Å². The Labute approximate surface area is 269 Å². The van der Waals surface area contributed by atoms with Crippen molar-refractivity contribution in [2.24, 2.45) is 10.1 Å². The lowest BCUT2D eigenvalue weighted by Crippen LogP contribution is -2.54. The second-order valence-electron chi connectivity index (χ2n) is 10.5. The zero-order valence-electron chi connectivity index (χ0n) is 24.5. The molecular weight excluding hydrogens is 636 g/mol. The van der Waals surface area contributed by atoms with E-state index in [2.05, 4.69) is 36.8 Å². The molecule has 0 aromatic heterocycles. The van der Waals surface area contributed by atoms with Gasteiger partial charge in [-0.2, -0.15) is 0 Å². The molecule has 11 heteroatoms. The van der Waals surface area contributed by atoms with E-state index in [4.69, 9.17) is 19.6 Å². The van der Waals surface area contributed by atoms with Crippen molar-refractivity contribution in [2.75, 3.05) is 19.8 Å². The average molecular weight is 670 g/mol. The molecule has 0 fully saturated rings. The highest BCUT2D eigenvalue weighted by molar-refractivity contribution is 9.10. The fourth-order valence-electron chi connectivity index (χ4n) is 5.12. The van der Waals surface area contributed by atoms with Crippen molar-refractivity contribution >= 4 is 33.4 Å². The second kappa shape index (κ2) is 15.4. The summed E-state index contributed by atoms with van der Waals surface area (Å²) in [6, 6.07) is 32.0. The molecule has 10 nitrogen and oxygen atoms in total. The van der Waals surface area contributed by atoms with Gasteiger partial charge in [-0.15, -0.1) is 0 Å². The number of carbonyl (C=O) groups excluding carboxylic acids is 1. The van der Waals surface area contributed by atoms with Crippen molar-refractivity contribution in [3.63, 3.8) is 0 Å². The summed E-state index contributed by atoms with van der Waals surface area (Å²) in [5.74, 6) is 0.550. The number of aliphatic hydroxyl groups excluding tert-OH is 1. The molecule has 2 atom stereocenters. The molecule has 0 spiro atoms. The predicted molar refractivity (Wildman–Crippen MR) is 176 cm³/mol. The van der Waals surface area contributed by atoms with Gasteiger partial charge in [0.1, 0.15) is 5.75 Å². The van der Waals surface area contributed by atoms with Crippen molar-refractivity contribution in [1.29, 1.82) is 0 Å². The first-order valence-corrected chi connectivity index (χ1v) is 15.4. The van der Waals surface area contributed by atoms with Crippen molar-refractivity contribution in [3.05, 3.63) is 140 Å². The highest BCUT2D eigenvalue weighted by atomic mass is 79.9. The van der Waals surface area contributed by atoms with Crippen molar-refractivity contribution < 1.29 is 19.4 Å². The third-order valence-corrected chi connectivity index (χ3v) is 7.92. The molecule has 1 amide bonds. The zero-order chi connectivity index (χ0) is 31.5. The van der Waals surface area contributed by atoms with E-state index in [1.54, 1.807) is 24.3 Å². The first-order chi connectivity index (χ1) is 22.0. The van der Waals surface area contributed by atoms with Crippen LogP contribution in [0.5, 0.6) is 5.75 Å². The SMILES string of the molecule is [N-]=[N+]=Nc1ccccc1C[C@]1(C(=O)NNCCc2ccccc2)N=C(c2ccc(OCCCO)cc2)O[C@H]1c1ccc(Br)cc1. The third kappa shape index (κ3) is 7.89. The minimum atomic E-state index is -1.47. The lowest BCUT2D eigenvalue weighted by molar-refractivity contribution is -0.130. The molecule has 4 aromatic carbocycles. The summed E-state index contributed by atoms with van der Waals surface area (Å²) >= 11 is 3.50. The van der Waals surface area contributed by atoms with Crippen LogP contribution in [0.25, 0.3) is 10.4 Å². The quantitative estimate of drug-likeness (QED) is 0.0461. The number of aliphatic imine (C=N–C) groups is 1. The number of ether oxygens (including phenoxy) is 2. The number of nitrogens with one attached hydrogen (secondary N) is 2. The number of hydrogen-bond acceptors (Lipinski definition) is 7. The Morgan fingerprint density at radius 1 is 1.02 bits per heavy atom. The van der Waals surface area contributed by atoms with Gasteiger partial charge in [-0.05, 0) is 65.0 Å². The van der Waals surface area contributed by atoms with Gasteiger partial charge in [-0.3, -0.25) is 10.2 Å². The minimum absolute atomic E-state index is 0.0498. The number of carbonyl (C=O) groups is 1. The number of azide groups is 1. The molecule has 0 saturated carbocycles. The maximum absolute atomic E-state index is 14.4. The molecular formula is C34H33BrN6O4. The Bertz CT molecular complexity index is 1660. The van der Waals surface area contributed by atoms with Crippen LogP contribution in [0.3, 0.4) is 0 Å². The normalized spacial score (nSPS) is 17.1. The number of halogens is 1. The van der Waals surface area contributed by atoms with Crippen LogP contribution >= 0.6 is 15.9 Å². The number of hydrazine groups is 1. The van der Waals surface area contributed by atoms with E-state index in [-0.39, 0.29) is 13.0 Å². The Kier molecular flexibility index (Phi) is 10.8. The smallest absolute Gasteiger partial charge is 0.266 e. The van der Waals surface area contributed by atoms with Crippen LogP contribution < -0.4 is 15.6 Å². The summed E-state index contributed by atoms with van der Waals surface area (Å²) < 4.78 is 13.1. The molecule has 1 heterocycles. The van der Waals surface area contributed by atoms with Crippen molar-refractivity contribution in [2.45, 2.75) is 30.9 Å². The van der Waals surface area contributed by atoms with E-state index in [1.807, 2.05) is 78.9 Å². The first kappa shape index (κ1) is 31.7.